The van der Waals surface area contributed by atoms with E-state index < -0.39 is 0 Å². The number of ether oxygens (including phenoxy) is 2. The molecular formula is C16H17BrClNO2. The molecule has 1 N–H and O–H groups in total. The van der Waals surface area contributed by atoms with E-state index in [2.05, 4.69) is 34.2 Å². The van der Waals surface area contributed by atoms with Gasteiger partial charge >= 0.3 is 0 Å². The van der Waals surface area contributed by atoms with E-state index in [1.165, 1.54) is 0 Å². The quantitative estimate of drug-likeness (QED) is 0.775. The van der Waals surface area contributed by atoms with Crippen molar-refractivity contribution in [2.45, 2.75) is 13.0 Å². The molecule has 0 saturated carbocycles. The molecule has 0 aromatic heterocycles. The third-order valence-electron chi connectivity index (χ3n) is 3.22. The van der Waals surface area contributed by atoms with Crippen molar-refractivity contribution in [3.05, 3.63) is 51.5 Å². The van der Waals surface area contributed by atoms with E-state index in [4.69, 9.17) is 21.1 Å². The molecule has 3 nitrogen and oxygen atoms in total. The van der Waals surface area contributed by atoms with Crippen LogP contribution >= 0.6 is 27.5 Å². The van der Waals surface area contributed by atoms with Crippen LogP contribution in [0.4, 0.5) is 5.69 Å². The van der Waals surface area contributed by atoms with Crippen LogP contribution in [0.15, 0.2) is 40.9 Å². The third-order valence-corrected chi connectivity index (χ3v) is 4.24. The van der Waals surface area contributed by atoms with Gasteiger partial charge in [0.25, 0.3) is 0 Å². The molecular weight excluding hydrogens is 354 g/mol. The van der Waals surface area contributed by atoms with Crippen molar-refractivity contribution in [2.24, 2.45) is 0 Å². The minimum absolute atomic E-state index is 0.0962. The average molecular weight is 371 g/mol. The highest BCUT2D eigenvalue weighted by molar-refractivity contribution is 9.10. The van der Waals surface area contributed by atoms with Gasteiger partial charge in [-0.25, -0.2) is 0 Å². The molecule has 0 aliphatic rings. The number of rotatable bonds is 5. The van der Waals surface area contributed by atoms with Crippen molar-refractivity contribution in [2.75, 3.05) is 19.5 Å². The predicted molar refractivity (Wildman–Crippen MR) is 90.7 cm³/mol. The van der Waals surface area contributed by atoms with Crippen molar-refractivity contribution in [1.82, 2.24) is 0 Å². The molecule has 0 aliphatic carbocycles. The van der Waals surface area contributed by atoms with E-state index in [1.807, 2.05) is 24.3 Å². The number of hydrogen-bond donors (Lipinski definition) is 1. The third kappa shape index (κ3) is 3.63. The van der Waals surface area contributed by atoms with Gasteiger partial charge < -0.3 is 14.8 Å². The van der Waals surface area contributed by atoms with Gasteiger partial charge in [0.1, 0.15) is 11.5 Å². The summed E-state index contributed by atoms with van der Waals surface area (Å²) < 4.78 is 11.7. The molecule has 1 unspecified atom stereocenters. The van der Waals surface area contributed by atoms with Gasteiger partial charge in [-0.15, -0.1) is 0 Å². The minimum atomic E-state index is 0.0962. The van der Waals surface area contributed by atoms with Crippen LogP contribution in [0.3, 0.4) is 0 Å². The van der Waals surface area contributed by atoms with Crippen LogP contribution < -0.4 is 14.8 Å². The van der Waals surface area contributed by atoms with Crippen LogP contribution in [0.5, 0.6) is 11.5 Å². The van der Waals surface area contributed by atoms with Crippen molar-refractivity contribution in [3.63, 3.8) is 0 Å². The molecule has 0 bridgehead atoms. The maximum Gasteiger partial charge on any atom is 0.145 e. The summed E-state index contributed by atoms with van der Waals surface area (Å²) in [5.41, 5.74) is 1.98. The Morgan fingerprint density at radius 2 is 1.76 bits per heavy atom. The molecule has 21 heavy (non-hydrogen) atoms. The van der Waals surface area contributed by atoms with Crippen LogP contribution in [0.1, 0.15) is 18.5 Å². The summed E-state index contributed by atoms with van der Waals surface area (Å²) in [6.45, 7) is 2.08. The van der Waals surface area contributed by atoms with E-state index in [1.54, 1.807) is 20.3 Å². The van der Waals surface area contributed by atoms with Gasteiger partial charge in [-0.1, -0.05) is 45.7 Å². The van der Waals surface area contributed by atoms with Crippen molar-refractivity contribution in [3.8, 4) is 11.5 Å². The van der Waals surface area contributed by atoms with Crippen LogP contribution in [-0.2, 0) is 0 Å². The number of benzene rings is 2. The Hall–Kier alpha value is -1.39. The lowest BCUT2D eigenvalue weighted by molar-refractivity contribution is 0.395. The topological polar surface area (TPSA) is 30.5 Å². The molecule has 0 fully saturated rings. The second-order valence-electron chi connectivity index (χ2n) is 4.57. The summed E-state index contributed by atoms with van der Waals surface area (Å²) in [5, 5.41) is 3.96. The number of methoxy groups -OCH3 is 2. The Kier molecular flexibility index (Phi) is 5.37. The Labute approximate surface area is 138 Å². The Bertz CT molecular complexity index is 634. The van der Waals surface area contributed by atoms with Crippen molar-refractivity contribution < 1.29 is 9.47 Å². The molecule has 0 amide bonds. The maximum absolute atomic E-state index is 6.19. The summed E-state index contributed by atoms with van der Waals surface area (Å²) in [7, 11) is 3.20. The van der Waals surface area contributed by atoms with Gasteiger partial charge in [-0.05, 0) is 24.6 Å². The molecule has 112 valence electrons. The molecule has 5 heteroatoms. The van der Waals surface area contributed by atoms with Gasteiger partial charge in [-0.2, -0.15) is 0 Å². The standard InChI is InChI=1S/C16H17BrClNO2/c1-10(11-6-4-5-7-12(11)17)19-14-8-13(18)15(20-2)9-16(14)21-3/h4-10,19H,1-3H3. The van der Waals surface area contributed by atoms with Crippen molar-refractivity contribution >= 4 is 33.2 Å². The van der Waals surface area contributed by atoms with E-state index in [-0.39, 0.29) is 6.04 Å². The normalized spacial score (nSPS) is 11.9. The highest BCUT2D eigenvalue weighted by Gasteiger charge is 2.14. The Morgan fingerprint density at radius 3 is 2.38 bits per heavy atom. The number of nitrogens with one attached hydrogen (secondary N) is 1. The summed E-state index contributed by atoms with van der Waals surface area (Å²) in [5.74, 6) is 1.28. The number of anilines is 1. The second-order valence-corrected chi connectivity index (χ2v) is 5.84. The first kappa shape index (κ1) is 16.0. The fraction of sp³-hybridized carbons (Fsp3) is 0.250. The highest BCUT2D eigenvalue weighted by atomic mass is 79.9. The highest BCUT2D eigenvalue weighted by Crippen LogP contribution is 2.38. The molecule has 2 aromatic carbocycles. The van der Waals surface area contributed by atoms with Crippen LogP contribution in [0.2, 0.25) is 5.02 Å². The monoisotopic (exact) mass is 369 g/mol. The Balaban J connectivity index is 2.31. The zero-order valence-electron chi connectivity index (χ0n) is 12.1. The first-order valence-electron chi connectivity index (χ1n) is 6.49. The molecule has 0 heterocycles. The zero-order chi connectivity index (χ0) is 15.4. The SMILES string of the molecule is COc1cc(OC)c(NC(C)c2ccccc2Br)cc1Cl. The fourth-order valence-corrected chi connectivity index (χ4v) is 2.98. The van der Waals surface area contributed by atoms with Crippen LogP contribution in [-0.4, -0.2) is 14.2 Å². The molecule has 2 rings (SSSR count). The van der Waals surface area contributed by atoms with Gasteiger partial charge in [0, 0.05) is 16.6 Å². The van der Waals surface area contributed by atoms with Gasteiger partial charge in [-0.3, -0.25) is 0 Å². The zero-order valence-corrected chi connectivity index (χ0v) is 14.5. The molecule has 0 radical (unpaired) electrons. The summed E-state index contributed by atoms with van der Waals surface area (Å²) in [4.78, 5) is 0. The smallest absolute Gasteiger partial charge is 0.145 e. The summed E-state index contributed by atoms with van der Waals surface area (Å²) in [6, 6.07) is 11.8. The summed E-state index contributed by atoms with van der Waals surface area (Å²) >= 11 is 9.76. The van der Waals surface area contributed by atoms with Crippen LogP contribution in [0, 0.1) is 0 Å². The molecule has 2 aromatic rings. The fourth-order valence-electron chi connectivity index (χ4n) is 2.11. The largest absolute Gasteiger partial charge is 0.495 e. The van der Waals surface area contributed by atoms with Crippen molar-refractivity contribution in [1.29, 1.82) is 0 Å². The lowest BCUT2D eigenvalue weighted by atomic mass is 10.1. The number of halogens is 2. The maximum atomic E-state index is 6.19. The van der Waals surface area contributed by atoms with Gasteiger partial charge in [0.15, 0.2) is 0 Å². The second kappa shape index (κ2) is 7.05. The Morgan fingerprint density at radius 1 is 1.10 bits per heavy atom. The van der Waals surface area contributed by atoms with E-state index >= 15 is 0 Å². The molecule has 0 saturated heterocycles. The first-order chi connectivity index (χ1) is 10.1. The summed E-state index contributed by atoms with van der Waals surface area (Å²) in [6.07, 6.45) is 0. The van der Waals surface area contributed by atoms with E-state index in [9.17, 15) is 0 Å². The first-order valence-corrected chi connectivity index (χ1v) is 7.66. The van der Waals surface area contributed by atoms with Gasteiger partial charge in [0.2, 0.25) is 0 Å². The number of hydrogen-bond acceptors (Lipinski definition) is 3. The van der Waals surface area contributed by atoms with Crippen LogP contribution in [0.25, 0.3) is 0 Å². The molecule has 1 atom stereocenters. The molecule has 0 aliphatic heterocycles. The van der Waals surface area contributed by atoms with E-state index in [0.717, 1.165) is 15.7 Å². The van der Waals surface area contributed by atoms with Gasteiger partial charge in [0.05, 0.1) is 24.9 Å². The average Bonchev–Trinajstić information content (AvgIpc) is 2.48. The predicted octanol–water partition coefficient (Wildman–Crippen LogP) is 5.29. The lowest BCUT2D eigenvalue weighted by Crippen LogP contribution is -2.08. The minimum Gasteiger partial charge on any atom is -0.495 e. The lowest BCUT2D eigenvalue weighted by Gasteiger charge is -2.20. The molecule has 0 spiro atoms. The van der Waals surface area contributed by atoms with E-state index in [0.29, 0.717) is 16.5 Å².